The number of anilines is 2. The molecule has 0 saturated carbocycles. The summed E-state index contributed by atoms with van der Waals surface area (Å²) in [5.41, 5.74) is 5.60. The number of aromatic nitrogens is 3. The fraction of sp³-hybridized carbons (Fsp3) is 0.100. The molecule has 0 aliphatic carbocycles. The minimum atomic E-state index is 0.821. The maximum atomic E-state index is 4.44. The maximum Gasteiger partial charge on any atom is 0.130 e. The average molecular weight is 393 g/mol. The van der Waals surface area contributed by atoms with Crippen LogP contribution in [0.15, 0.2) is 65.4 Å². The quantitative estimate of drug-likeness (QED) is 0.503. The maximum absolute atomic E-state index is 4.44. The molecule has 4 nitrogen and oxygen atoms in total. The summed E-state index contributed by atoms with van der Waals surface area (Å²) >= 11 is 3.53. The van der Waals surface area contributed by atoms with E-state index in [1.807, 2.05) is 36.3 Å². The van der Waals surface area contributed by atoms with E-state index in [4.69, 9.17) is 0 Å². The van der Waals surface area contributed by atoms with E-state index < -0.39 is 0 Å². The van der Waals surface area contributed by atoms with Crippen LogP contribution in [0.25, 0.3) is 22.0 Å². The molecule has 25 heavy (non-hydrogen) atoms. The van der Waals surface area contributed by atoms with Crippen molar-refractivity contribution in [3.63, 3.8) is 0 Å². The molecule has 4 aromatic rings. The van der Waals surface area contributed by atoms with Gasteiger partial charge in [-0.15, -0.1) is 0 Å². The van der Waals surface area contributed by atoms with E-state index in [2.05, 4.69) is 74.7 Å². The van der Waals surface area contributed by atoms with Crippen molar-refractivity contribution in [3.05, 3.63) is 71.0 Å². The minimum Gasteiger partial charge on any atom is -0.340 e. The Morgan fingerprint density at radius 3 is 2.68 bits per heavy atom. The van der Waals surface area contributed by atoms with E-state index in [1.165, 1.54) is 5.56 Å². The Morgan fingerprint density at radius 2 is 1.84 bits per heavy atom. The lowest BCUT2D eigenvalue weighted by Crippen LogP contribution is -1.94. The van der Waals surface area contributed by atoms with Crippen LogP contribution in [0.1, 0.15) is 5.56 Å². The summed E-state index contributed by atoms with van der Waals surface area (Å²) in [6.07, 6.45) is 3.72. The molecule has 0 saturated heterocycles. The lowest BCUT2D eigenvalue weighted by molar-refractivity contribution is 0.797. The van der Waals surface area contributed by atoms with E-state index in [1.54, 1.807) is 0 Å². The number of halogens is 1. The Bertz CT molecular complexity index is 1050. The van der Waals surface area contributed by atoms with E-state index in [-0.39, 0.29) is 0 Å². The molecule has 2 heterocycles. The lowest BCUT2D eigenvalue weighted by atomic mass is 10.1. The van der Waals surface area contributed by atoms with Crippen molar-refractivity contribution in [2.24, 2.45) is 7.05 Å². The van der Waals surface area contributed by atoms with Gasteiger partial charge in [0.1, 0.15) is 5.82 Å². The number of benzene rings is 2. The molecule has 0 radical (unpaired) electrons. The monoisotopic (exact) mass is 392 g/mol. The van der Waals surface area contributed by atoms with Gasteiger partial charge in [-0.1, -0.05) is 22.0 Å². The predicted octanol–water partition coefficient (Wildman–Crippen LogP) is 5.45. The van der Waals surface area contributed by atoms with Gasteiger partial charge in [-0.25, -0.2) is 4.98 Å². The van der Waals surface area contributed by atoms with Gasteiger partial charge >= 0.3 is 0 Å². The number of nitrogens with zero attached hydrogens (tertiary/aromatic N) is 3. The molecule has 0 aliphatic rings. The molecule has 4 rings (SSSR count). The van der Waals surface area contributed by atoms with Crippen molar-refractivity contribution >= 4 is 38.3 Å². The van der Waals surface area contributed by atoms with E-state index >= 15 is 0 Å². The molecule has 0 atom stereocenters. The van der Waals surface area contributed by atoms with Crippen LogP contribution in [-0.2, 0) is 7.05 Å². The molecule has 0 amide bonds. The third-order valence-electron chi connectivity index (χ3n) is 4.15. The smallest absolute Gasteiger partial charge is 0.130 e. The minimum absolute atomic E-state index is 0.821. The molecule has 0 unspecified atom stereocenters. The van der Waals surface area contributed by atoms with Gasteiger partial charge in [-0.3, -0.25) is 4.68 Å². The van der Waals surface area contributed by atoms with Crippen molar-refractivity contribution in [2.75, 3.05) is 5.32 Å². The van der Waals surface area contributed by atoms with Crippen molar-refractivity contribution in [1.29, 1.82) is 0 Å². The second-order valence-corrected chi connectivity index (χ2v) is 7.03. The highest BCUT2D eigenvalue weighted by Gasteiger charge is 2.05. The van der Waals surface area contributed by atoms with Gasteiger partial charge in [0.2, 0.25) is 0 Å². The summed E-state index contributed by atoms with van der Waals surface area (Å²) in [5, 5.41) is 8.82. The zero-order chi connectivity index (χ0) is 17.4. The van der Waals surface area contributed by atoms with Crippen LogP contribution in [-0.4, -0.2) is 14.8 Å². The molecule has 2 aromatic heterocycles. The largest absolute Gasteiger partial charge is 0.340 e. The molecule has 1 N–H and O–H groups in total. The zero-order valence-electron chi connectivity index (χ0n) is 14.0. The molecule has 0 bridgehead atoms. The van der Waals surface area contributed by atoms with Crippen molar-refractivity contribution in [3.8, 4) is 11.1 Å². The standard InChI is InChI=1S/C20H17BrN4/c1-13-7-17(21)11-18(8-13)24-20-10-15(5-6-22-20)14-3-4-19-16(9-14)12-23-25(19)2/h3-12H,1-2H3,(H,22,24). The van der Waals surface area contributed by atoms with Gasteiger partial charge in [0.25, 0.3) is 0 Å². The molecule has 0 spiro atoms. The summed E-state index contributed by atoms with van der Waals surface area (Å²) in [7, 11) is 1.95. The topological polar surface area (TPSA) is 42.7 Å². The normalized spacial score (nSPS) is 11.0. The molecular formula is C20H17BrN4. The fourth-order valence-corrected chi connectivity index (χ4v) is 3.59. The molecule has 0 aliphatic heterocycles. The van der Waals surface area contributed by atoms with Crippen LogP contribution in [0.3, 0.4) is 0 Å². The van der Waals surface area contributed by atoms with E-state index in [0.29, 0.717) is 0 Å². The van der Waals surface area contributed by atoms with Gasteiger partial charge in [0.05, 0.1) is 11.7 Å². The Kier molecular flexibility index (Phi) is 4.01. The number of hydrogen-bond donors (Lipinski definition) is 1. The van der Waals surface area contributed by atoms with Crippen molar-refractivity contribution in [1.82, 2.24) is 14.8 Å². The number of rotatable bonds is 3. The summed E-state index contributed by atoms with van der Waals surface area (Å²) < 4.78 is 2.93. The molecule has 124 valence electrons. The van der Waals surface area contributed by atoms with Crippen LogP contribution >= 0.6 is 15.9 Å². The first-order valence-corrected chi connectivity index (χ1v) is 8.80. The first kappa shape index (κ1) is 15.8. The van der Waals surface area contributed by atoms with Gasteiger partial charge in [0.15, 0.2) is 0 Å². The van der Waals surface area contributed by atoms with Crippen molar-refractivity contribution < 1.29 is 0 Å². The van der Waals surface area contributed by atoms with E-state index in [0.717, 1.165) is 38.0 Å². The van der Waals surface area contributed by atoms with Crippen LogP contribution in [0.4, 0.5) is 11.5 Å². The highest BCUT2D eigenvalue weighted by molar-refractivity contribution is 9.10. The number of hydrogen-bond acceptors (Lipinski definition) is 3. The molecule has 5 heteroatoms. The summed E-state index contributed by atoms with van der Waals surface area (Å²) in [6, 6.07) is 16.7. The third-order valence-corrected chi connectivity index (χ3v) is 4.61. The summed E-state index contributed by atoms with van der Waals surface area (Å²) in [6.45, 7) is 2.07. The van der Waals surface area contributed by atoms with Crippen LogP contribution < -0.4 is 5.32 Å². The average Bonchev–Trinajstić information content (AvgIpc) is 2.95. The highest BCUT2D eigenvalue weighted by Crippen LogP contribution is 2.27. The lowest BCUT2D eigenvalue weighted by Gasteiger charge is -2.09. The summed E-state index contributed by atoms with van der Waals surface area (Å²) in [5.74, 6) is 0.821. The predicted molar refractivity (Wildman–Crippen MR) is 106 cm³/mol. The fourth-order valence-electron chi connectivity index (χ4n) is 2.98. The Hall–Kier alpha value is -2.66. The molecular weight excluding hydrogens is 376 g/mol. The van der Waals surface area contributed by atoms with E-state index in [9.17, 15) is 0 Å². The Balaban J connectivity index is 1.68. The Labute approximate surface area is 154 Å². The zero-order valence-corrected chi connectivity index (χ0v) is 15.6. The number of fused-ring (bicyclic) bond motifs is 1. The summed E-state index contributed by atoms with van der Waals surface area (Å²) in [4.78, 5) is 4.44. The second kappa shape index (κ2) is 6.33. The number of aryl methyl sites for hydroxylation is 2. The third kappa shape index (κ3) is 3.28. The SMILES string of the molecule is Cc1cc(Br)cc(Nc2cc(-c3ccc4c(cnn4C)c3)ccn2)c1. The molecule has 0 fully saturated rings. The molecule has 2 aromatic carbocycles. The number of pyridine rings is 1. The second-order valence-electron chi connectivity index (χ2n) is 6.11. The number of nitrogens with one attached hydrogen (secondary N) is 1. The van der Waals surface area contributed by atoms with Gasteiger partial charge in [-0.05, 0) is 66.1 Å². The first-order chi connectivity index (χ1) is 12.1. The Morgan fingerprint density at radius 1 is 1.00 bits per heavy atom. The van der Waals surface area contributed by atoms with Crippen LogP contribution in [0.2, 0.25) is 0 Å². The van der Waals surface area contributed by atoms with Crippen LogP contribution in [0, 0.1) is 6.92 Å². The first-order valence-electron chi connectivity index (χ1n) is 8.01. The van der Waals surface area contributed by atoms with Crippen molar-refractivity contribution in [2.45, 2.75) is 6.92 Å². The van der Waals surface area contributed by atoms with Gasteiger partial charge in [-0.2, -0.15) is 5.10 Å². The highest BCUT2D eigenvalue weighted by atomic mass is 79.9. The van der Waals surface area contributed by atoms with Crippen LogP contribution in [0.5, 0.6) is 0 Å². The van der Waals surface area contributed by atoms with Gasteiger partial charge < -0.3 is 5.32 Å². The van der Waals surface area contributed by atoms with Gasteiger partial charge in [0, 0.05) is 28.8 Å².